The normalized spacial score (nSPS) is 11.6. The van der Waals surface area contributed by atoms with Gasteiger partial charge in [0.1, 0.15) is 0 Å². The molecule has 0 bridgehead atoms. The number of aliphatic hydroxyl groups excluding tert-OH is 2. The van der Waals surface area contributed by atoms with Crippen molar-refractivity contribution in [2.75, 3.05) is 19.8 Å². The van der Waals surface area contributed by atoms with Crippen LogP contribution in [0.5, 0.6) is 0 Å². The summed E-state index contributed by atoms with van der Waals surface area (Å²) >= 11 is 0. The molecule has 0 aliphatic rings. The minimum Gasteiger partial charge on any atom is -0.402 e. The van der Waals surface area contributed by atoms with E-state index < -0.39 is 7.32 Å². The van der Waals surface area contributed by atoms with Gasteiger partial charge in [0, 0.05) is 0 Å². The van der Waals surface area contributed by atoms with Crippen molar-refractivity contribution < 1.29 is 30.0 Å². The smallest absolute Gasteiger partial charge is 0.402 e. The lowest BCUT2D eigenvalue weighted by Gasteiger charge is -2.09. The molecule has 0 aliphatic carbocycles. The van der Waals surface area contributed by atoms with Crippen LogP contribution in [0, 0.1) is 0 Å². The molecule has 1 unspecified atom stereocenters. The van der Waals surface area contributed by atoms with Crippen molar-refractivity contribution in [3.8, 4) is 0 Å². The van der Waals surface area contributed by atoms with Crippen LogP contribution in [-0.2, 0) is 4.74 Å². The molecule has 0 aromatic heterocycles. The molecule has 0 saturated carbocycles. The van der Waals surface area contributed by atoms with Crippen LogP contribution in [0.1, 0.15) is 26.2 Å². The van der Waals surface area contributed by atoms with Crippen LogP contribution in [0.25, 0.3) is 0 Å². The first kappa shape index (κ1) is 17.2. The molecule has 7 heteroatoms. The molecule has 5 N–H and O–H groups in total. The SMILES string of the molecule is CCCCC(O)COCCO.OB(O)O. The number of unbranched alkanes of at least 4 members (excludes halogenated alkanes) is 1. The van der Waals surface area contributed by atoms with Gasteiger partial charge in [-0.15, -0.1) is 0 Å². The zero-order chi connectivity index (χ0) is 12.1. The summed E-state index contributed by atoms with van der Waals surface area (Å²) in [5.74, 6) is 0. The summed E-state index contributed by atoms with van der Waals surface area (Å²) in [7, 11) is -2.17. The number of rotatable bonds is 7. The molecule has 0 aromatic rings. The minimum absolute atomic E-state index is 0.0283. The van der Waals surface area contributed by atoms with E-state index in [0.717, 1.165) is 19.3 Å². The highest BCUT2D eigenvalue weighted by Crippen LogP contribution is 1.99. The molecular formula is C8H21BO6. The number of hydrogen-bond donors (Lipinski definition) is 5. The quantitative estimate of drug-likeness (QED) is 0.266. The van der Waals surface area contributed by atoms with E-state index >= 15 is 0 Å². The van der Waals surface area contributed by atoms with Gasteiger partial charge < -0.3 is 30.0 Å². The van der Waals surface area contributed by atoms with Crippen LogP contribution in [0.2, 0.25) is 0 Å². The summed E-state index contributed by atoms with van der Waals surface area (Å²) in [5.41, 5.74) is 0. The van der Waals surface area contributed by atoms with E-state index in [0.29, 0.717) is 13.2 Å². The second-order valence-corrected chi connectivity index (χ2v) is 2.94. The van der Waals surface area contributed by atoms with Gasteiger partial charge >= 0.3 is 7.32 Å². The summed E-state index contributed by atoms with van der Waals surface area (Å²) in [6.07, 6.45) is 2.56. The highest BCUT2D eigenvalue weighted by atomic mass is 16.5. The Morgan fingerprint density at radius 1 is 1.27 bits per heavy atom. The Bertz CT molecular complexity index is 111. The van der Waals surface area contributed by atoms with Gasteiger partial charge in [-0.05, 0) is 6.42 Å². The molecule has 0 heterocycles. The highest BCUT2D eigenvalue weighted by molar-refractivity contribution is 6.30. The fourth-order valence-electron chi connectivity index (χ4n) is 0.807. The van der Waals surface area contributed by atoms with Gasteiger partial charge in [0.25, 0.3) is 0 Å². The van der Waals surface area contributed by atoms with Crippen molar-refractivity contribution in [2.24, 2.45) is 0 Å². The molecule has 0 spiro atoms. The van der Waals surface area contributed by atoms with E-state index in [-0.39, 0.29) is 12.7 Å². The van der Waals surface area contributed by atoms with Crippen LogP contribution in [0.3, 0.4) is 0 Å². The number of ether oxygens (including phenoxy) is 1. The van der Waals surface area contributed by atoms with Gasteiger partial charge in [0.05, 0.1) is 25.9 Å². The third kappa shape index (κ3) is 24.8. The Morgan fingerprint density at radius 3 is 2.20 bits per heavy atom. The van der Waals surface area contributed by atoms with Crippen LogP contribution < -0.4 is 0 Å². The Labute approximate surface area is 90.3 Å². The lowest BCUT2D eigenvalue weighted by Crippen LogP contribution is -2.16. The molecule has 0 aliphatic heterocycles. The van der Waals surface area contributed by atoms with Crippen LogP contribution >= 0.6 is 0 Å². The van der Waals surface area contributed by atoms with Gasteiger partial charge in [-0.3, -0.25) is 0 Å². The van der Waals surface area contributed by atoms with Gasteiger partial charge in [-0.1, -0.05) is 19.8 Å². The monoisotopic (exact) mass is 224 g/mol. The van der Waals surface area contributed by atoms with Gasteiger partial charge in [0.2, 0.25) is 0 Å². The number of aliphatic hydroxyl groups is 2. The molecular weight excluding hydrogens is 203 g/mol. The van der Waals surface area contributed by atoms with E-state index in [1.807, 2.05) is 0 Å². The first-order valence-corrected chi connectivity index (χ1v) is 4.95. The first-order chi connectivity index (χ1) is 7.04. The van der Waals surface area contributed by atoms with E-state index in [1.165, 1.54) is 0 Å². The van der Waals surface area contributed by atoms with E-state index in [2.05, 4.69) is 6.92 Å². The summed E-state index contributed by atoms with van der Waals surface area (Å²) < 4.78 is 4.94. The van der Waals surface area contributed by atoms with Crippen molar-refractivity contribution in [2.45, 2.75) is 32.3 Å². The Morgan fingerprint density at radius 2 is 1.80 bits per heavy atom. The van der Waals surface area contributed by atoms with E-state index in [1.54, 1.807) is 0 Å². The fourth-order valence-corrected chi connectivity index (χ4v) is 0.807. The van der Waals surface area contributed by atoms with E-state index in [9.17, 15) is 5.11 Å². The zero-order valence-corrected chi connectivity index (χ0v) is 9.04. The summed E-state index contributed by atoms with van der Waals surface area (Å²) in [6, 6.07) is 0. The predicted octanol–water partition coefficient (Wildman–Crippen LogP) is -1.51. The number of hydrogen-bond acceptors (Lipinski definition) is 6. The van der Waals surface area contributed by atoms with Crippen LogP contribution in [-0.4, -0.2) is 58.5 Å². The lowest BCUT2D eigenvalue weighted by molar-refractivity contribution is 0.0172. The van der Waals surface area contributed by atoms with Gasteiger partial charge in [-0.2, -0.15) is 0 Å². The second kappa shape index (κ2) is 13.8. The zero-order valence-electron chi connectivity index (χ0n) is 9.04. The van der Waals surface area contributed by atoms with Crippen molar-refractivity contribution in [3.63, 3.8) is 0 Å². The molecule has 0 amide bonds. The highest BCUT2D eigenvalue weighted by Gasteiger charge is 2.01. The minimum atomic E-state index is -2.17. The first-order valence-electron chi connectivity index (χ1n) is 4.95. The third-order valence-corrected chi connectivity index (χ3v) is 1.44. The molecule has 0 aromatic carbocycles. The molecule has 1 atom stereocenters. The molecule has 6 nitrogen and oxygen atoms in total. The summed E-state index contributed by atoms with van der Waals surface area (Å²) in [6.45, 7) is 2.78. The standard InChI is InChI=1S/C8H18O3.BH3O3/c1-2-3-4-8(10)7-11-6-5-9;2-1(3)4/h8-10H,2-7H2,1H3;2-4H. The van der Waals surface area contributed by atoms with Crippen molar-refractivity contribution in [1.29, 1.82) is 0 Å². The Kier molecular flexibility index (Phi) is 15.9. The summed E-state index contributed by atoms with van der Waals surface area (Å²) in [4.78, 5) is 0. The maximum Gasteiger partial charge on any atom is 0.631 e. The molecule has 0 rings (SSSR count). The second-order valence-electron chi connectivity index (χ2n) is 2.94. The molecule has 0 radical (unpaired) electrons. The third-order valence-electron chi connectivity index (χ3n) is 1.44. The Balaban J connectivity index is 0. The average Bonchev–Trinajstić information content (AvgIpc) is 2.14. The summed E-state index contributed by atoms with van der Waals surface area (Å²) in [5, 5.41) is 39.0. The van der Waals surface area contributed by atoms with Crippen molar-refractivity contribution in [3.05, 3.63) is 0 Å². The lowest BCUT2D eigenvalue weighted by atomic mass is 10.2. The van der Waals surface area contributed by atoms with Crippen LogP contribution in [0.15, 0.2) is 0 Å². The fraction of sp³-hybridized carbons (Fsp3) is 1.00. The maximum atomic E-state index is 9.20. The van der Waals surface area contributed by atoms with Crippen molar-refractivity contribution >= 4 is 7.32 Å². The molecule has 92 valence electrons. The molecule has 0 fully saturated rings. The molecule has 15 heavy (non-hydrogen) atoms. The Hall–Kier alpha value is -0.175. The van der Waals surface area contributed by atoms with Gasteiger partial charge in [0.15, 0.2) is 0 Å². The van der Waals surface area contributed by atoms with Crippen LogP contribution in [0.4, 0.5) is 0 Å². The van der Waals surface area contributed by atoms with Gasteiger partial charge in [-0.25, -0.2) is 0 Å². The largest absolute Gasteiger partial charge is 0.631 e. The average molecular weight is 224 g/mol. The topological polar surface area (TPSA) is 110 Å². The predicted molar refractivity (Wildman–Crippen MR) is 55.8 cm³/mol. The van der Waals surface area contributed by atoms with E-state index in [4.69, 9.17) is 24.9 Å². The maximum absolute atomic E-state index is 9.20. The molecule has 0 saturated heterocycles. The van der Waals surface area contributed by atoms with Crippen molar-refractivity contribution in [1.82, 2.24) is 0 Å².